The summed E-state index contributed by atoms with van der Waals surface area (Å²) < 4.78 is 36.4. The Labute approximate surface area is 158 Å². The lowest BCUT2D eigenvalue weighted by molar-refractivity contribution is 0.0629. The Kier molecular flexibility index (Phi) is 4.30. The molecule has 1 aromatic heterocycles. The molecule has 3 heterocycles. The van der Waals surface area contributed by atoms with Crippen molar-refractivity contribution in [2.45, 2.75) is 24.0 Å². The molecule has 12 nitrogen and oxygen atoms in total. The number of sulfonamides is 1. The minimum absolute atomic E-state index is 0.00604. The Morgan fingerprint density at radius 2 is 2.11 bits per heavy atom. The second-order valence-corrected chi connectivity index (χ2v) is 8.45. The van der Waals surface area contributed by atoms with Gasteiger partial charge in [0.05, 0.1) is 18.8 Å². The first-order valence-electron chi connectivity index (χ1n) is 8.38. The van der Waals surface area contributed by atoms with Gasteiger partial charge in [0.15, 0.2) is 0 Å². The Balaban J connectivity index is 1.53. The lowest BCUT2D eigenvalue weighted by Crippen LogP contribution is -2.56. The van der Waals surface area contributed by atoms with Crippen LogP contribution in [0.15, 0.2) is 23.6 Å². The van der Waals surface area contributed by atoms with Crippen LogP contribution in [-0.4, -0.2) is 75.0 Å². The predicted octanol–water partition coefficient (Wildman–Crippen LogP) is -1.19. The van der Waals surface area contributed by atoms with Crippen molar-refractivity contribution in [3.8, 4) is 11.5 Å². The van der Waals surface area contributed by atoms with E-state index < -0.39 is 28.9 Å². The summed E-state index contributed by atoms with van der Waals surface area (Å²) in [5.74, 6) is -1.54. The topological polar surface area (TPSA) is 175 Å². The van der Waals surface area contributed by atoms with E-state index in [1.54, 1.807) is 6.07 Å². The van der Waals surface area contributed by atoms with Crippen molar-refractivity contribution < 1.29 is 37.8 Å². The van der Waals surface area contributed by atoms with Gasteiger partial charge in [0.2, 0.25) is 0 Å². The number of aryl methyl sites for hydroxylation is 1. The fourth-order valence-electron chi connectivity index (χ4n) is 3.12. The summed E-state index contributed by atoms with van der Waals surface area (Å²) in [6, 6.07) is 3.04. The second kappa shape index (κ2) is 6.44. The molecule has 2 aliphatic heterocycles. The number of hydrogen-bond acceptors (Lipinski definition) is 9. The third kappa shape index (κ3) is 3.19. The lowest BCUT2D eigenvalue weighted by Gasteiger charge is -2.39. The molecule has 0 unspecified atom stereocenters. The van der Waals surface area contributed by atoms with E-state index in [9.17, 15) is 28.4 Å². The van der Waals surface area contributed by atoms with Gasteiger partial charge in [-0.1, -0.05) is 12.4 Å². The average Bonchev–Trinajstić information content (AvgIpc) is 3.11. The van der Waals surface area contributed by atoms with Crippen molar-refractivity contribution in [2.75, 3.05) is 13.1 Å². The normalized spacial score (nSPS) is 19.4. The fourth-order valence-corrected chi connectivity index (χ4v) is 4.44. The minimum atomic E-state index is -3.82. The van der Waals surface area contributed by atoms with Crippen LogP contribution in [-0.2, 0) is 16.4 Å². The van der Waals surface area contributed by atoms with Gasteiger partial charge in [-0.15, -0.1) is 0 Å². The highest BCUT2D eigenvalue weighted by atomic mass is 32.2. The van der Waals surface area contributed by atoms with Crippen LogP contribution in [0.25, 0.3) is 0 Å². The van der Waals surface area contributed by atoms with E-state index >= 15 is 0 Å². The fraction of sp³-hybridized carbons (Fsp3) is 0.357. The van der Waals surface area contributed by atoms with Gasteiger partial charge in [-0.2, -0.15) is 9.40 Å². The molecule has 0 atom stereocenters. The number of nitrogens with zero attached hydrogens (tertiary/aromatic N) is 3. The van der Waals surface area contributed by atoms with Gasteiger partial charge in [-0.25, -0.2) is 23.3 Å². The number of ether oxygens (including phenoxy) is 1. The zero-order chi connectivity index (χ0) is 20.1. The molecule has 150 valence electrons. The molecule has 2 aliphatic rings. The maximum atomic E-state index is 12.3. The summed E-state index contributed by atoms with van der Waals surface area (Å²) in [4.78, 5) is 15.4. The molecular weight excluding hydrogens is 395 g/mol. The Hall–Kier alpha value is -2.68. The largest absolute Gasteiger partial charge is 0.669 e. The Morgan fingerprint density at radius 3 is 2.75 bits per heavy atom. The van der Waals surface area contributed by atoms with E-state index in [1.807, 2.05) is 0 Å². The zero-order valence-electron chi connectivity index (χ0n) is 14.3. The van der Waals surface area contributed by atoms with E-state index in [0.29, 0.717) is 5.56 Å². The second-order valence-electron chi connectivity index (χ2n) is 6.60. The van der Waals surface area contributed by atoms with Gasteiger partial charge in [0.25, 0.3) is 15.2 Å². The number of carbonyl (C=O) groups is 1. The highest BCUT2D eigenvalue weighted by molar-refractivity contribution is 7.89. The minimum Gasteiger partial charge on any atom is -0.669 e. The van der Waals surface area contributed by atoms with Crippen LogP contribution in [0.3, 0.4) is 0 Å². The first-order chi connectivity index (χ1) is 13.2. The summed E-state index contributed by atoms with van der Waals surface area (Å²) in [5, 5.41) is 34.6. The van der Waals surface area contributed by atoms with Crippen molar-refractivity contribution in [3.05, 3.63) is 29.6 Å². The van der Waals surface area contributed by atoms with Crippen LogP contribution in [0, 0.1) is 0 Å². The lowest BCUT2D eigenvalue weighted by atomic mass is 9.70. The summed E-state index contributed by atoms with van der Waals surface area (Å²) in [6.07, 6.45) is 0.700. The molecule has 0 amide bonds. The molecule has 1 fully saturated rings. The molecule has 0 bridgehead atoms. The van der Waals surface area contributed by atoms with E-state index in [1.165, 1.54) is 6.07 Å². The van der Waals surface area contributed by atoms with Crippen molar-refractivity contribution >= 4 is 22.7 Å². The third-order valence-corrected chi connectivity index (χ3v) is 6.26. The molecule has 2 aromatic rings. The van der Waals surface area contributed by atoms with Crippen molar-refractivity contribution in [1.29, 1.82) is 0 Å². The summed E-state index contributed by atoms with van der Waals surface area (Å²) in [5.41, 5.74) is 0.191. The van der Waals surface area contributed by atoms with Crippen LogP contribution >= 0.6 is 0 Å². The van der Waals surface area contributed by atoms with Crippen LogP contribution < -0.4 is 9.39 Å². The number of carboxylic acids is 1. The van der Waals surface area contributed by atoms with Gasteiger partial charge in [0.1, 0.15) is 23.7 Å². The van der Waals surface area contributed by atoms with Gasteiger partial charge in [-0.3, -0.25) is 0 Å². The van der Waals surface area contributed by atoms with Gasteiger partial charge in [0, 0.05) is 0 Å². The summed E-state index contributed by atoms with van der Waals surface area (Å²) in [7, 11) is -3.82. The monoisotopic (exact) mass is 411 g/mol. The number of nitrogens with one attached hydrogen (secondary N) is 1. The summed E-state index contributed by atoms with van der Waals surface area (Å²) in [6.45, 7) is -3.15. The molecule has 4 rings (SSSR count). The van der Waals surface area contributed by atoms with Gasteiger partial charge < -0.3 is 24.5 Å². The van der Waals surface area contributed by atoms with E-state index in [2.05, 4.69) is 15.2 Å². The molecule has 4 N–H and O–H groups in total. The van der Waals surface area contributed by atoms with Crippen LogP contribution in [0.2, 0.25) is 6.32 Å². The molecule has 14 heteroatoms. The van der Waals surface area contributed by atoms with Crippen molar-refractivity contribution in [2.24, 2.45) is 0 Å². The van der Waals surface area contributed by atoms with Gasteiger partial charge >= 0.3 is 12.7 Å². The number of aromatic nitrogens is 3. The number of hydrogen-bond donors (Lipinski definition) is 4. The number of aromatic amines is 1. The van der Waals surface area contributed by atoms with E-state index in [0.717, 1.165) is 10.6 Å². The number of rotatable bonds is 5. The quantitative estimate of drug-likeness (QED) is 0.438. The standard InChI is InChI=1S/C14H16BN4O8S/c20-13(21)11-10(2-1-8-3-4-15(22,23)27-12(8)11)26-9-5-19(6-9)28(24,25)14-16-7-17-18-14/h1-2,7,9,22-23H,3-6H2,(H,20,21)(H,16,17,18)/q-1. The first kappa shape index (κ1) is 18.7. The predicted molar refractivity (Wildman–Crippen MR) is 92.3 cm³/mol. The van der Waals surface area contributed by atoms with Crippen LogP contribution in [0.1, 0.15) is 15.9 Å². The highest BCUT2D eigenvalue weighted by Crippen LogP contribution is 2.39. The van der Waals surface area contributed by atoms with Crippen molar-refractivity contribution in [1.82, 2.24) is 19.5 Å². The van der Waals surface area contributed by atoms with E-state index in [4.69, 9.17) is 9.39 Å². The van der Waals surface area contributed by atoms with Crippen LogP contribution in [0.4, 0.5) is 0 Å². The number of fused-ring (bicyclic) bond motifs is 1. The maximum Gasteiger partial charge on any atom is 0.430 e. The zero-order valence-corrected chi connectivity index (χ0v) is 15.2. The summed E-state index contributed by atoms with van der Waals surface area (Å²) >= 11 is 0. The number of aromatic carboxylic acids is 1. The average molecular weight is 411 g/mol. The van der Waals surface area contributed by atoms with Crippen molar-refractivity contribution in [3.63, 3.8) is 0 Å². The highest BCUT2D eigenvalue weighted by Gasteiger charge is 2.41. The first-order valence-corrected chi connectivity index (χ1v) is 9.82. The molecule has 0 radical (unpaired) electrons. The smallest absolute Gasteiger partial charge is 0.430 e. The number of benzene rings is 1. The molecule has 0 saturated carbocycles. The Morgan fingerprint density at radius 1 is 1.36 bits per heavy atom. The SMILES string of the molecule is O=C(O)c1c(OC2CN(S(=O)(=O)c3ncn[nH]3)C2)ccc2c1O[B-](O)(O)CC2. The molecule has 0 spiro atoms. The molecule has 1 saturated heterocycles. The number of carboxylic acid groups (broad SMARTS) is 1. The molecule has 0 aliphatic carbocycles. The molecular formula is C14H16BN4O8S-. The Bertz CT molecular complexity index is 1020. The van der Waals surface area contributed by atoms with E-state index in [-0.39, 0.29) is 48.0 Å². The van der Waals surface area contributed by atoms with Gasteiger partial charge in [-0.05, 0) is 18.1 Å². The maximum absolute atomic E-state index is 12.3. The molecule has 1 aromatic carbocycles. The number of H-pyrrole nitrogens is 1. The van der Waals surface area contributed by atoms with Crippen LogP contribution in [0.5, 0.6) is 11.5 Å². The molecule has 28 heavy (non-hydrogen) atoms. The third-order valence-electron chi connectivity index (χ3n) is 4.60.